The molecule has 1 aliphatic carbocycles. The van der Waals surface area contributed by atoms with Gasteiger partial charge in [0.2, 0.25) is 5.91 Å². The van der Waals surface area contributed by atoms with Gasteiger partial charge in [-0.1, -0.05) is 6.42 Å². The molecule has 0 aliphatic heterocycles. The summed E-state index contributed by atoms with van der Waals surface area (Å²) in [7, 11) is 3.17. The molecule has 1 fully saturated rings. The molecule has 0 heterocycles. The highest BCUT2D eigenvalue weighted by molar-refractivity contribution is 5.93. The molecule has 110 valence electrons. The Morgan fingerprint density at radius 1 is 1.25 bits per heavy atom. The highest BCUT2D eigenvalue weighted by atomic mass is 16.5. The Morgan fingerprint density at radius 3 is 2.45 bits per heavy atom. The van der Waals surface area contributed by atoms with Crippen LogP contribution < -0.4 is 20.5 Å². The van der Waals surface area contributed by atoms with E-state index in [4.69, 9.17) is 15.2 Å². The fourth-order valence-corrected chi connectivity index (χ4v) is 2.78. The number of carbonyl (C=O) groups is 1. The third kappa shape index (κ3) is 3.22. The molecule has 5 nitrogen and oxygen atoms in total. The van der Waals surface area contributed by atoms with Crippen LogP contribution in [0.5, 0.6) is 11.5 Å². The molecule has 1 aromatic carbocycles. The molecule has 1 aliphatic rings. The largest absolute Gasteiger partial charge is 0.497 e. The Bertz CT molecular complexity index is 454. The van der Waals surface area contributed by atoms with E-state index in [-0.39, 0.29) is 11.8 Å². The molecule has 2 unspecified atom stereocenters. The second-order valence-electron chi connectivity index (χ2n) is 5.12. The van der Waals surface area contributed by atoms with Crippen LogP contribution in [0, 0.1) is 11.8 Å². The van der Waals surface area contributed by atoms with Crippen LogP contribution in [0.2, 0.25) is 0 Å². The average Bonchev–Trinajstić information content (AvgIpc) is 2.95. The molecule has 1 amide bonds. The van der Waals surface area contributed by atoms with E-state index >= 15 is 0 Å². The summed E-state index contributed by atoms with van der Waals surface area (Å²) in [5.74, 6) is 1.65. The van der Waals surface area contributed by atoms with Gasteiger partial charge in [-0.3, -0.25) is 4.79 Å². The first-order valence-corrected chi connectivity index (χ1v) is 6.92. The SMILES string of the molecule is COc1cc(NC(=O)C2CCCC2CN)cc(OC)c1. The highest BCUT2D eigenvalue weighted by Gasteiger charge is 2.31. The van der Waals surface area contributed by atoms with E-state index in [1.807, 2.05) is 0 Å². The molecule has 2 atom stereocenters. The minimum Gasteiger partial charge on any atom is -0.497 e. The van der Waals surface area contributed by atoms with Crippen molar-refractivity contribution >= 4 is 11.6 Å². The summed E-state index contributed by atoms with van der Waals surface area (Å²) in [5.41, 5.74) is 6.42. The number of amides is 1. The van der Waals surface area contributed by atoms with Crippen molar-refractivity contribution in [2.24, 2.45) is 17.6 Å². The van der Waals surface area contributed by atoms with Crippen LogP contribution in [0.3, 0.4) is 0 Å². The Kier molecular flexibility index (Phi) is 4.84. The van der Waals surface area contributed by atoms with Gasteiger partial charge in [0.1, 0.15) is 11.5 Å². The molecule has 0 bridgehead atoms. The summed E-state index contributed by atoms with van der Waals surface area (Å²) < 4.78 is 10.4. The normalized spacial score (nSPS) is 21.6. The minimum absolute atomic E-state index is 0.0113. The Hall–Kier alpha value is -1.75. The molecule has 2 rings (SSSR count). The van der Waals surface area contributed by atoms with Gasteiger partial charge in [-0.05, 0) is 25.3 Å². The molecular formula is C15H22N2O3. The van der Waals surface area contributed by atoms with Crippen molar-refractivity contribution in [2.45, 2.75) is 19.3 Å². The van der Waals surface area contributed by atoms with Gasteiger partial charge in [0.05, 0.1) is 14.2 Å². The first kappa shape index (κ1) is 14.7. The van der Waals surface area contributed by atoms with Gasteiger partial charge in [0.15, 0.2) is 0 Å². The van der Waals surface area contributed by atoms with Crippen LogP contribution in [-0.4, -0.2) is 26.7 Å². The zero-order valence-corrected chi connectivity index (χ0v) is 12.0. The maximum Gasteiger partial charge on any atom is 0.227 e. The molecule has 20 heavy (non-hydrogen) atoms. The van der Waals surface area contributed by atoms with Crippen molar-refractivity contribution in [3.8, 4) is 11.5 Å². The molecule has 1 saturated carbocycles. The van der Waals surface area contributed by atoms with Gasteiger partial charge in [-0.25, -0.2) is 0 Å². The summed E-state index contributed by atoms with van der Waals surface area (Å²) in [5, 5.41) is 2.94. The Morgan fingerprint density at radius 2 is 1.90 bits per heavy atom. The number of benzene rings is 1. The number of nitrogens with two attached hydrogens (primary N) is 1. The van der Waals surface area contributed by atoms with Crippen molar-refractivity contribution in [1.82, 2.24) is 0 Å². The number of ether oxygens (including phenoxy) is 2. The maximum atomic E-state index is 12.3. The van der Waals surface area contributed by atoms with Crippen molar-refractivity contribution < 1.29 is 14.3 Å². The fourth-order valence-electron chi connectivity index (χ4n) is 2.78. The van der Waals surface area contributed by atoms with Gasteiger partial charge < -0.3 is 20.5 Å². The predicted octanol–water partition coefficient (Wildman–Crippen LogP) is 2.02. The van der Waals surface area contributed by atoms with Crippen molar-refractivity contribution in [2.75, 3.05) is 26.1 Å². The van der Waals surface area contributed by atoms with Crippen LogP contribution in [0.1, 0.15) is 19.3 Å². The van der Waals surface area contributed by atoms with Crippen LogP contribution in [0.25, 0.3) is 0 Å². The second kappa shape index (κ2) is 6.61. The van der Waals surface area contributed by atoms with Gasteiger partial charge in [-0.2, -0.15) is 0 Å². The van der Waals surface area contributed by atoms with Crippen LogP contribution in [0.4, 0.5) is 5.69 Å². The Balaban J connectivity index is 2.10. The van der Waals surface area contributed by atoms with Crippen molar-refractivity contribution in [3.05, 3.63) is 18.2 Å². The monoisotopic (exact) mass is 278 g/mol. The van der Waals surface area contributed by atoms with Gasteiger partial charge in [0.25, 0.3) is 0 Å². The van der Waals surface area contributed by atoms with Crippen LogP contribution >= 0.6 is 0 Å². The number of hydrogen-bond acceptors (Lipinski definition) is 4. The van der Waals surface area contributed by atoms with E-state index < -0.39 is 0 Å². The molecule has 0 radical (unpaired) electrons. The van der Waals surface area contributed by atoms with E-state index in [9.17, 15) is 4.79 Å². The first-order chi connectivity index (χ1) is 9.67. The maximum absolute atomic E-state index is 12.3. The quantitative estimate of drug-likeness (QED) is 0.864. The van der Waals surface area contributed by atoms with Crippen LogP contribution in [0.15, 0.2) is 18.2 Å². The number of nitrogens with one attached hydrogen (secondary N) is 1. The third-order valence-corrected chi connectivity index (χ3v) is 3.92. The summed E-state index contributed by atoms with van der Waals surface area (Å²) in [6.45, 7) is 0.569. The summed E-state index contributed by atoms with van der Waals surface area (Å²) in [6.07, 6.45) is 3.02. The third-order valence-electron chi connectivity index (χ3n) is 3.92. The van der Waals surface area contributed by atoms with E-state index in [1.165, 1.54) is 0 Å². The lowest BCUT2D eigenvalue weighted by Gasteiger charge is -2.18. The predicted molar refractivity (Wildman–Crippen MR) is 78.1 cm³/mol. The van der Waals surface area contributed by atoms with Gasteiger partial charge in [0, 0.05) is 29.8 Å². The summed E-state index contributed by atoms with van der Waals surface area (Å²) >= 11 is 0. The number of anilines is 1. The highest BCUT2D eigenvalue weighted by Crippen LogP contribution is 2.33. The van der Waals surface area contributed by atoms with E-state index in [2.05, 4.69) is 5.32 Å². The van der Waals surface area contributed by atoms with Crippen molar-refractivity contribution in [3.63, 3.8) is 0 Å². The molecule has 0 spiro atoms. The lowest BCUT2D eigenvalue weighted by atomic mass is 9.95. The standard InChI is InChI=1S/C15H22N2O3/c1-19-12-6-11(7-13(8-12)20-2)17-15(18)14-5-3-4-10(14)9-16/h6-8,10,14H,3-5,9,16H2,1-2H3,(H,17,18). The molecule has 0 aromatic heterocycles. The number of hydrogen-bond donors (Lipinski definition) is 2. The number of methoxy groups -OCH3 is 2. The number of carbonyl (C=O) groups excluding carboxylic acids is 1. The second-order valence-corrected chi connectivity index (χ2v) is 5.12. The van der Waals surface area contributed by atoms with E-state index in [1.54, 1.807) is 32.4 Å². The molecule has 0 saturated heterocycles. The Labute approximate surface area is 119 Å². The molecule has 1 aromatic rings. The smallest absolute Gasteiger partial charge is 0.227 e. The topological polar surface area (TPSA) is 73.6 Å². The van der Waals surface area contributed by atoms with Gasteiger partial charge in [-0.15, -0.1) is 0 Å². The first-order valence-electron chi connectivity index (χ1n) is 6.92. The molecular weight excluding hydrogens is 256 g/mol. The average molecular weight is 278 g/mol. The van der Waals surface area contributed by atoms with E-state index in [0.29, 0.717) is 29.6 Å². The fraction of sp³-hybridized carbons (Fsp3) is 0.533. The van der Waals surface area contributed by atoms with Crippen LogP contribution in [-0.2, 0) is 4.79 Å². The summed E-state index contributed by atoms with van der Waals surface area (Å²) in [6, 6.07) is 5.34. The van der Waals surface area contributed by atoms with Gasteiger partial charge >= 0.3 is 0 Å². The van der Waals surface area contributed by atoms with E-state index in [0.717, 1.165) is 19.3 Å². The lowest BCUT2D eigenvalue weighted by Crippen LogP contribution is -2.29. The molecule has 3 N–H and O–H groups in total. The summed E-state index contributed by atoms with van der Waals surface area (Å²) in [4.78, 5) is 12.3. The zero-order chi connectivity index (χ0) is 14.5. The number of rotatable bonds is 5. The van der Waals surface area contributed by atoms with Crippen molar-refractivity contribution in [1.29, 1.82) is 0 Å². The molecule has 5 heteroatoms. The minimum atomic E-state index is 0.0113. The lowest BCUT2D eigenvalue weighted by molar-refractivity contribution is -0.120. The zero-order valence-electron chi connectivity index (χ0n) is 12.0.